The molecule has 0 aliphatic carbocycles. The summed E-state index contributed by atoms with van der Waals surface area (Å²) < 4.78 is 5.32. The van der Waals surface area contributed by atoms with Gasteiger partial charge in [0.1, 0.15) is 5.75 Å². The summed E-state index contributed by atoms with van der Waals surface area (Å²) in [4.78, 5) is 13.8. The van der Waals surface area contributed by atoms with Crippen LogP contribution in [-0.4, -0.2) is 31.0 Å². The fraction of sp³-hybridized carbons (Fsp3) is 0.533. The van der Waals surface area contributed by atoms with E-state index in [-0.39, 0.29) is 11.8 Å². The van der Waals surface area contributed by atoms with Gasteiger partial charge >= 0.3 is 0 Å². The van der Waals surface area contributed by atoms with Gasteiger partial charge < -0.3 is 15.4 Å². The van der Waals surface area contributed by atoms with Crippen molar-refractivity contribution >= 4 is 5.91 Å². The highest BCUT2D eigenvalue weighted by molar-refractivity contribution is 5.81. The summed E-state index contributed by atoms with van der Waals surface area (Å²) in [5, 5.41) is 0. The van der Waals surface area contributed by atoms with Gasteiger partial charge in [-0.05, 0) is 18.9 Å². The number of nitrogens with zero attached hydrogens (tertiary/aromatic N) is 1. The predicted molar refractivity (Wildman–Crippen MR) is 77.0 cm³/mol. The molecule has 19 heavy (non-hydrogen) atoms. The van der Waals surface area contributed by atoms with Gasteiger partial charge in [0, 0.05) is 19.2 Å². The van der Waals surface area contributed by atoms with Gasteiger partial charge in [-0.15, -0.1) is 0 Å². The summed E-state index contributed by atoms with van der Waals surface area (Å²) in [7, 11) is 3.40. The van der Waals surface area contributed by atoms with E-state index in [1.54, 1.807) is 19.1 Å². The highest BCUT2D eigenvalue weighted by atomic mass is 16.5. The predicted octanol–water partition coefficient (Wildman–Crippen LogP) is 1.95. The van der Waals surface area contributed by atoms with E-state index >= 15 is 0 Å². The second-order valence-electron chi connectivity index (χ2n) is 5.28. The van der Waals surface area contributed by atoms with Crippen molar-refractivity contribution in [1.82, 2.24) is 4.90 Å². The molecule has 0 saturated heterocycles. The maximum absolute atomic E-state index is 12.1. The molecule has 4 nitrogen and oxygen atoms in total. The fourth-order valence-corrected chi connectivity index (χ4v) is 1.90. The number of carbonyl (C=O) groups excluding carboxylic acids is 1. The van der Waals surface area contributed by atoms with Gasteiger partial charge in [0.05, 0.1) is 13.2 Å². The lowest BCUT2D eigenvalue weighted by atomic mass is 10.0. The van der Waals surface area contributed by atoms with Crippen molar-refractivity contribution in [2.45, 2.75) is 33.4 Å². The van der Waals surface area contributed by atoms with Crippen LogP contribution in [-0.2, 0) is 11.3 Å². The highest BCUT2D eigenvalue weighted by Gasteiger charge is 2.21. The topological polar surface area (TPSA) is 55.6 Å². The number of carbonyl (C=O) groups is 1. The van der Waals surface area contributed by atoms with Crippen LogP contribution in [0.15, 0.2) is 18.2 Å². The summed E-state index contributed by atoms with van der Waals surface area (Å²) in [6, 6.07) is 5.49. The fourth-order valence-electron chi connectivity index (χ4n) is 1.90. The Balaban J connectivity index is 2.84. The Morgan fingerprint density at radius 1 is 1.42 bits per heavy atom. The summed E-state index contributed by atoms with van der Waals surface area (Å²) in [5.41, 5.74) is 8.03. The molecule has 1 atom stereocenters. The number of ether oxygens (including phenoxy) is 1. The molecular weight excluding hydrogens is 240 g/mol. The number of methoxy groups -OCH3 is 1. The van der Waals surface area contributed by atoms with Crippen molar-refractivity contribution in [1.29, 1.82) is 0 Å². The van der Waals surface area contributed by atoms with E-state index in [1.165, 1.54) is 0 Å². The second-order valence-corrected chi connectivity index (χ2v) is 5.28. The first kappa shape index (κ1) is 15.5. The van der Waals surface area contributed by atoms with Gasteiger partial charge in [0.15, 0.2) is 0 Å². The smallest absolute Gasteiger partial charge is 0.239 e. The molecule has 0 heterocycles. The third kappa shape index (κ3) is 3.96. The number of aryl methyl sites for hydroxylation is 1. The molecular formula is C15H24N2O2. The molecule has 0 fully saturated rings. The van der Waals surface area contributed by atoms with Crippen molar-refractivity contribution in [3.63, 3.8) is 0 Å². The monoisotopic (exact) mass is 264 g/mol. The lowest BCUT2D eigenvalue weighted by molar-refractivity contribution is -0.132. The Morgan fingerprint density at radius 2 is 2.05 bits per heavy atom. The maximum Gasteiger partial charge on any atom is 0.239 e. The zero-order valence-corrected chi connectivity index (χ0v) is 12.4. The summed E-state index contributed by atoms with van der Waals surface area (Å²) in [6.45, 7) is 6.42. The Labute approximate surface area is 115 Å². The normalized spacial score (nSPS) is 12.4. The second kappa shape index (κ2) is 6.57. The molecule has 1 amide bonds. The number of rotatable bonds is 5. The Morgan fingerprint density at radius 3 is 2.58 bits per heavy atom. The van der Waals surface area contributed by atoms with Crippen molar-refractivity contribution in [3.8, 4) is 5.75 Å². The SMILES string of the molecule is COc1ccc(C)cc1CN(C)C(=O)[C@H](N)C(C)C. The molecule has 1 rings (SSSR count). The average Bonchev–Trinajstić information content (AvgIpc) is 2.37. The molecule has 0 spiro atoms. The Hall–Kier alpha value is -1.55. The Kier molecular flexibility index (Phi) is 5.36. The number of likely N-dealkylation sites (N-methyl/N-ethyl adjacent to an activating group) is 1. The first-order valence-electron chi connectivity index (χ1n) is 6.51. The third-order valence-corrected chi connectivity index (χ3v) is 3.22. The van der Waals surface area contributed by atoms with E-state index < -0.39 is 6.04 Å². The molecule has 0 aliphatic rings. The molecule has 0 saturated carbocycles. The Bertz CT molecular complexity index is 444. The van der Waals surface area contributed by atoms with Gasteiger partial charge in [-0.2, -0.15) is 0 Å². The zero-order chi connectivity index (χ0) is 14.6. The lowest BCUT2D eigenvalue weighted by Crippen LogP contribution is -2.44. The van der Waals surface area contributed by atoms with Crippen LogP contribution in [0.2, 0.25) is 0 Å². The van der Waals surface area contributed by atoms with Gasteiger partial charge in [-0.1, -0.05) is 31.5 Å². The summed E-state index contributed by atoms with van der Waals surface area (Å²) in [5.74, 6) is 0.885. The van der Waals surface area contributed by atoms with Gasteiger partial charge in [0.2, 0.25) is 5.91 Å². The van der Waals surface area contributed by atoms with E-state index in [9.17, 15) is 4.79 Å². The van der Waals surface area contributed by atoms with Crippen LogP contribution in [0.3, 0.4) is 0 Å². The molecule has 106 valence electrons. The molecule has 0 unspecified atom stereocenters. The van der Waals surface area contributed by atoms with Crippen LogP contribution in [0, 0.1) is 12.8 Å². The van der Waals surface area contributed by atoms with Crippen LogP contribution in [0.1, 0.15) is 25.0 Å². The van der Waals surface area contributed by atoms with Crippen LogP contribution in [0.25, 0.3) is 0 Å². The number of nitrogens with two attached hydrogens (primary N) is 1. The van der Waals surface area contributed by atoms with Crippen LogP contribution < -0.4 is 10.5 Å². The van der Waals surface area contributed by atoms with Crippen molar-refractivity contribution < 1.29 is 9.53 Å². The lowest BCUT2D eigenvalue weighted by Gasteiger charge is -2.24. The van der Waals surface area contributed by atoms with Crippen molar-refractivity contribution in [3.05, 3.63) is 29.3 Å². The minimum absolute atomic E-state index is 0.0430. The van der Waals surface area contributed by atoms with Crippen LogP contribution >= 0.6 is 0 Å². The maximum atomic E-state index is 12.1. The van der Waals surface area contributed by atoms with Crippen LogP contribution in [0.5, 0.6) is 5.75 Å². The molecule has 0 radical (unpaired) electrons. The van der Waals surface area contributed by atoms with Crippen molar-refractivity contribution in [2.75, 3.05) is 14.2 Å². The van der Waals surface area contributed by atoms with Crippen LogP contribution in [0.4, 0.5) is 0 Å². The van der Waals surface area contributed by atoms with E-state index in [2.05, 4.69) is 0 Å². The first-order valence-corrected chi connectivity index (χ1v) is 6.51. The molecule has 0 bridgehead atoms. The largest absolute Gasteiger partial charge is 0.496 e. The highest BCUT2D eigenvalue weighted by Crippen LogP contribution is 2.21. The number of amides is 1. The number of hydrogen-bond acceptors (Lipinski definition) is 3. The quantitative estimate of drug-likeness (QED) is 0.884. The average molecular weight is 264 g/mol. The molecule has 2 N–H and O–H groups in total. The van der Waals surface area contributed by atoms with Gasteiger partial charge in [-0.25, -0.2) is 0 Å². The number of benzene rings is 1. The molecule has 4 heteroatoms. The van der Waals surface area contributed by atoms with Gasteiger partial charge in [-0.3, -0.25) is 4.79 Å². The molecule has 1 aromatic carbocycles. The minimum atomic E-state index is -0.458. The van der Waals surface area contributed by atoms with E-state index in [1.807, 2.05) is 39.0 Å². The van der Waals surface area contributed by atoms with Crippen molar-refractivity contribution in [2.24, 2.45) is 11.7 Å². The number of hydrogen-bond donors (Lipinski definition) is 1. The van der Waals surface area contributed by atoms with E-state index in [0.717, 1.165) is 16.9 Å². The minimum Gasteiger partial charge on any atom is -0.496 e. The van der Waals surface area contributed by atoms with Gasteiger partial charge in [0.25, 0.3) is 0 Å². The third-order valence-electron chi connectivity index (χ3n) is 3.22. The zero-order valence-electron chi connectivity index (χ0n) is 12.4. The van der Waals surface area contributed by atoms with E-state index in [0.29, 0.717) is 6.54 Å². The summed E-state index contributed by atoms with van der Waals surface area (Å²) in [6.07, 6.45) is 0. The molecule has 1 aromatic rings. The summed E-state index contributed by atoms with van der Waals surface area (Å²) >= 11 is 0. The first-order chi connectivity index (χ1) is 8.86. The standard InChI is InChI=1S/C15H24N2O2/c1-10(2)14(16)15(18)17(4)9-12-8-11(3)6-7-13(12)19-5/h6-8,10,14H,9,16H2,1-5H3/t14-/m1/s1. The molecule has 0 aliphatic heterocycles. The van der Waals surface area contributed by atoms with E-state index in [4.69, 9.17) is 10.5 Å². The molecule has 0 aromatic heterocycles.